The van der Waals surface area contributed by atoms with Crippen LogP contribution in [0.4, 0.5) is 0 Å². The SMILES string of the molecule is COc1ccnc(C(=O)C[C@H]2COC[C@H](Cc3ccccc3)[C@@H](OC3CCCC3)[C@H](C)OC2=O)c1OC(C)=O. The van der Waals surface area contributed by atoms with E-state index in [2.05, 4.69) is 17.1 Å². The first-order valence-corrected chi connectivity index (χ1v) is 13.6. The molecule has 1 saturated heterocycles. The molecule has 1 aliphatic heterocycles. The molecule has 1 saturated carbocycles. The van der Waals surface area contributed by atoms with Gasteiger partial charge in [-0.3, -0.25) is 14.4 Å². The van der Waals surface area contributed by atoms with E-state index in [1.807, 2.05) is 25.1 Å². The zero-order valence-electron chi connectivity index (χ0n) is 22.8. The van der Waals surface area contributed by atoms with Crippen LogP contribution in [0.15, 0.2) is 42.6 Å². The van der Waals surface area contributed by atoms with E-state index in [0.29, 0.717) is 13.0 Å². The van der Waals surface area contributed by atoms with Gasteiger partial charge in [0.2, 0.25) is 5.75 Å². The largest absolute Gasteiger partial charge is 0.493 e. The molecule has 0 unspecified atom stereocenters. The Kier molecular flexibility index (Phi) is 10.1. The molecule has 4 atom stereocenters. The minimum atomic E-state index is -0.860. The Morgan fingerprint density at radius 3 is 2.51 bits per heavy atom. The third kappa shape index (κ3) is 7.64. The molecule has 1 aliphatic carbocycles. The van der Waals surface area contributed by atoms with Crippen LogP contribution in [-0.4, -0.2) is 61.3 Å². The molecule has 2 aromatic rings. The van der Waals surface area contributed by atoms with Gasteiger partial charge in [-0.2, -0.15) is 0 Å². The van der Waals surface area contributed by atoms with Crippen LogP contribution in [0.1, 0.15) is 62.0 Å². The van der Waals surface area contributed by atoms with Gasteiger partial charge >= 0.3 is 11.9 Å². The predicted molar refractivity (Wildman–Crippen MR) is 142 cm³/mol. The van der Waals surface area contributed by atoms with Crippen LogP contribution >= 0.6 is 0 Å². The first-order chi connectivity index (χ1) is 18.9. The number of benzene rings is 1. The van der Waals surface area contributed by atoms with E-state index in [4.69, 9.17) is 23.7 Å². The molecule has 4 rings (SSSR count). The molecule has 39 heavy (non-hydrogen) atoms. The molecule has 9 heteroatoms. The lowest BCUT2D eigenvalue weighted by molar-refractivity contribution is -0.166. The average molecular weight is 540 g/mol. The van der Waals surface area contributed by atoms with Crippen LogP contribution in [0.25, 0.3) is 0 Å². The number of hydrogen-bond acceptors (Lipinski definition) is 9. The molecule has 1 aromatic carbocycles. The van der Waals surface area contributed by atoms with Gasteiger partial charge in [0.15, 0.2) is 17.2 Å². The summed E-state index contributed by atoms with van der Waals surface area (Å²) in [6.07, 6.45) is 5.37. The minimum absolute atomic E-state index is 0.00555. The van der Waals surface area contributed by atoms with Gasteiger partial charge in [0, 0.05) is 31.5 Å². The number of nitrogens with zero attached hydrogens (tertiary/aromatic N) is 1. The number of ketones is 1. The van der Waals surface area contributed by atoms with Gasteiger partial charge in [-0.1, -0.05) is 43.2 Å². The van der Waals surface area contributed by atoms with Gasteiger partial charge < -0.3 is 23.7 Å². The second-order valence-electron chi connectivity index (χ2n) is 10.2. The maximum Gasteiger partial charge on any atom is 0.312 e. The van der Waals surface area contributed by atoms with Gasteiger partial charge in [-0.15, -0.1) is 0 Å². The highest BCUT2D eigenvalue weighted by Gasteiger charge is 2.38. The number of ether oxygens (including phenoxy) is 5. The molecule has 0 radical (unpaired) electrons. The molecular formula is C30H37NO8. The number of pyridine rings is 1. The molecule has 0 spiro atoms. The van der Waals surface area contributed by atoms with Crippen LogP contribution in [0.2, 0.25) is 0 Å². The van der Waals surface area contributed by atoms with Crippen molar-refractivity contribution in [3.8, 4) is 11.5 Å². The summed E-state index contributed by atoms with van der Waals surface area (Å²) in [7, 11) is 1.40. The highest BCUT2D eigenvalue weighted by Crippen LogP contribution is 2.33. The average Bonchev–Trinajstić information content (AvgIpc) is 3.44. The number of Topliss-reactive ketones (excluding diaryl/α,β-unsaturated/α-hetero) is 1. The number of carbonyl (C=O) groups is 3. The topological polar surface area (TPSA) is 110 Å². The van der Waals surface area contributed by atoms with Crippen molar-refractivity contribution in [2.24, 2.45) is 11.8 Å². The van der Waals surface area contributed by atoms with Gasteiger partial charge in [0.05, 0.1) is 38.4 Å². The van der Waals surface area contributed by atoms with Crippen molar-refractivity contribution in [2.45, 2.75) is 70.7 Å². The van der Waals surface area contributed by atoms with Crippen LogP contribution in [0.3, 0.4) is 0 Å². The zero-order valence-corrected chi connectivity index (χ0v) is 22.8. The molecule has 9 nitrogen and oxygen atoms in total. The summed E-state index contributed by atoms with van der Waals surface area (Å²) < 4.78 is 29.0. The summed E-state index contributed by atoms with van der Waals surface area (Å²) in [6, 6.07) is 11.6. The van der Waals surface area contributed by atoms with Gasteiger partial charge in [0.25, 0.3) is 0 Å². The Balaban J connectivity index is 1.53. The lowest BCUT2D eigenvalue weighted by Crippen LogP contribution is -2.42. The fourth-order valence-electron chi connectivity index (χ4n) is 5.31. The molecule has 2 fully saturated rings. The highest BCUT2D eigenvalue weighted by atomic mass is 16.6. The monoisotopic (exact) mass is 539 g/mol. The van der Waals surface area contributed by atoms with E-state index in [-0.39, 0.29) is 48.3 Å². The second-order valence-corrected chi connectivity index (χ2v) is 10.2. The van der Waals surface area contributed by atoms with Crippen molar-refractivity contribution in [1.82, 2.24) is 4.98 Å². The minimum Gasteiger partial charge on any atom is -0.493 e. The summed E-state index contributed by atoms with van der Waals surface area (Å²) in [5, 5.41) is 0. The zero-order chi connectivity index (χ0) is 27.8. The number of hydrogen-bond donors (Lipinski definition) is 0. The third-order valence-electron chi connectivity index (χ3n) is 7.24. The van der Waals surface area contributed by atoms with Crippen molar-refractivity contribution >= 4 is 17.7 Å². The van der Waals surface area contributed by atoms with Gasteiger partial charge in [-0.25, -0.2) is 4.98 Å². The normalized spacial score (nSPS) is 24.2. The number of carbonyl (C=O) groups excluding carboxylic acids is 3. The molecule has 0 N–H and O–H groups in total. The van der Waals surface area contributed by atoms with Crippen molar-refractivity contribution in [1.29, 1.82) is 0 Å². The maximum absolute atomic E-state index is 13.3. The summed E-state index contributed by atoms with van der Waals surface area (Å²) >= 11 is 0. The number of esters is 2. The van der Waals surface area contributed by atoms with E-state index in [0.717, 1.165) is 31.2 Å². The van der Waals surface area contributed by atoms with E-state index in [1.165, 1.54) is 26.3 Å². The Bertz CT molecular complexity index is 1130. The predicted octanol–water partition coefficient (Wildman–Crippen LogP) is 4.35. The summed E-state index contributed by atoms with van der Waals surface area (Å²) in [5.41, 5.74) is 1.06. The highest BCUT2D eigenvalue weighted by molar-refractivity contribution is 6.00. The lowest BCUT2D eigenvalue weighted by atomic mass is 9.91. The second kappa shape index (κ2) is 13.7. The number of aromatic nitrogens is 1. The Morgan fingerprint density at radius 2 is 1.82 bits per heavy atom. The Hall–Kier alpha value is -3.30. The maximum atomic E-state index is 13.3. The fraction of sp³-hybridized carbons (Fsp3) is 0.533. The summed E-state index contributed by atoms with van der Waals surface area (Å²) in [4.78, 5) is 42.4. The van der Waals surface area contributed by atoms with Crippen molar-refractivity contribution in [2.75, 3.05) is 20.3 Å². The van der Waals surface area contributed by atoms with E-state index in [9.17, 15) is 14.4 Å². The van der Waals surface area contributed by atoms with Crippen LogP contribution < -0.4 is 9.47 Å². The summed E-state index contributed by atoms with van der Waals surface area (Å²) in [5.74, 6) is -2.42. The lowest BCUT2D eigenvalue weighted by Gasteiger charge is -2.33. The van der Waals surface area contributed by atoms with Gasteiger partial charge in [0.1, 0.15) is 6.10 Å². The van der Waals surface area contributed by atoms with Crippen molar-refractivity contribution < 1.29 is 38.1 Å². The molecule has 0 bridgehead atoms. The summed E-state index contributed by atoms with van der Waals surface area (Å²) in [6.45, 7) is 3.43. The third-order valence-corrected chi connectivity index (χ3v) is 7.24. The smallest absolute Gasteiger partial charge is 0.312 e. The van der Waals surface area contributed by atoms with Crippen LogP contribution in [0, 0.1) is 11.8 Å². The molecule has 1 aromatic heterocycles. The van der Waals surface area contributed by atoms with Crippen LogP contribution in [-0.2, 0) is 30.2 Å². The quantitative estimate of drug-likeness (QED) is 0.339. The van der Waals surface area contributed by atoms with Gasteiger partial charge in [-0.05, 0) is 31.7 Å². The molecule has 210 valence electrons. The first kappa shape index (κ1) is 28.7. The van der Waals surface area contributed by atoms with Crippen LogP contribution in [0.5, 0.6) is 11.5 Å². The Morgan fingerprint density at radius 1 is 1.08 bits per heavy atom. The fourth-order valence-corrected chi connectivity index (χ4v) is 5.31. The van der Waals surface area contributed by atoms with E-state index >= 15 is 0 Å². The van der Waals surface area contributed by atoms with E-state index < -0.39 is 29.7 Å². The van der Waals surface area contributed by atoms with Crippen molar-refractivity contribution in [3.63, 3.8) is 0 Å². The standard InChI is InChI=1S/C30H37NO8/c1-19-28(39-24-11-7-8-12-24)22(15-21-9-5-4-6-10-21)17-36-18-23(30(34)37-19)16-25(33)27-29(38-20(2)32)26(35-3)13-14-31-27/h4-6,9-10,13-14,19,22-24,28H,7-8,11-12,15-18H2,1-3H3/t19-,22-,23-,28-/m0/s1. The van der Waals surface area contributed by atoms with Crippen molar-refractivity contribution in [3.05, 3.63) is 53.9 Å². The number of cyclic esters (lactones) is 1. The number of rotatable bonds is 9. The molecule has 2 aliphatic rings. The molecule has 2 heterocycles. The molecule has 0 amide bonds. The number of methoxy groups -OCH3 is 1. The first-order valence-electron chi connectivity index (χ1n) is 13.6. The Labute approximate surface area is 229 Å². The molecular weight excluding hydrogens is 502 g/mol. The van der Waals surface area contributed by atoms with E-state index in [1.54, 1.807) is 0 Å².